The summed E-state index contributed by atoms with van der Waals surface area (Å²) in [6.07, 6.45) is 0. The Hall–Kier alpha value is -5.22. The second-order valence-corrected chi connectivity index (χ2v) is 10.9. The van der Waals surface area contributed by atoms with Crippen LogP contribution >= 0.6 is 11.3 Å². The lowest BCUT2D eigenvalue weighted by Gasteiger charge is -2.24. The quantitative estimate of drug-likeness (QED) is 0.109. The number of aliphatic hydroxyl groups is 1. The third-order valence-corrected chi connectivity index (χ3v) is 8.19. The Morgan fingerprint density at radius 3 is 2.45 bits per heavy atom. The van der Waals surface area contributed by atoms with Gasteiger partial charge in [-0.3, -0.25) is 14.5 Å². The minimum Gasteiger partial charge on any atom is -0.507 e. The Bertz CT molecular complexity index is 1890. The highest BCUT2D eigenvalue weighted by Gasteiger charge is 2.48. The molecule has 2 heterocycles. The van der Waals surface area contributed by atoms with Crippen molar-refractivity contribution in [3.05, 3.63) is 119 Å². The van der Waals surface area contributed by atoms with E-state index < -0.39 is 23.5 Å². The molecule has 0 bridgehead atoms. The fraction of sp³-hybridized carbons (Fsp3) is 0.147. The van der Waals surface area contributed by atoms with Crippen LogP contribution in [0.2, 0.25) is 0 Å². The number of hydrogen-bond acceptors (Lipinski definition) is 8. The maximum atomic E-state index is 14.0. The number of halogens is 1. The average molecular weight is 611 g/mol. The highest BCUT2D eigenvalue weighted by Crippen LogP contribution is 2.46. The maximum Gasteiger partial charge on any atom is 0.301 e. The molecule has 6 rings (SSSR count). The number of thiazole rings is 1. The summed E-state index contributed by atoms with van der Waals surface area (Å²) >= 11 is 1.08. The van der Waals surface area contributed by atoms with Gasteiger partial charge in [-0.25, -0.2) is 9.37 Å². The molecule has 1 N–H and O–H groups in total. The number of aliphatic hydroxyl groups excluding tert-OH is 1. The molecule has 1 atom stereocenters. The molecule has 4 aromatic carbocycles. The summed E-state index contributed by atoms with van der Waals surface area (Å²) in [5, 5.41) is 11.7. The summed E-state index contributed by atoms with van der Waals surface area (Å²) < 4.78 is 31.7. The standard InChI is InChI=1S/C34H27FN2O6S/c1-3-42-27-17-22(11-16-26(27)43-19-20-7-5-4-6-8-20)30-29(31(38)21-9-13-24(41-2)14-10-21)32(39)33(40)37(30)34-36-25-15-12-23(35)18-28(25)44-34/h4-18,30,38H,3,19H2,1-2H3. The molecule has 0 spiro atoms. The van der Waals surface area contributed by atoms with E-state index in [1.807, 2.05) is 37.3 Å². The molecule has 10 heteroatoms. The molecule has 1 amide bonds. The fourth-order valence-electron chi connectivity index (χ4n) is 5.06. The van der Waals surface area contributed by atoms with Gasteiger partial charge in [-0.2, -0.15) is 0 Å². The van der Waals surface area contributed by atoms with Gasteiger partial charge in [-0.1, -0.05) is 47.7 Å². The van der Waals surface area contributed by atoms with Gasteiger partial charge >= 0.3 is 5.91 Å². The lowest BCUT2D eigenvalue weighted by atomic mass is 9.95. The number of fused-ring (bicyclic) bond motifs is 1. The predicted molar refractivity (Wildman–Crippen MR) is 166 cm³/mol. The summed E-state index contributed by atoms with van der Waals surface area (Å²) in [6.45, 7) is 2.47. The summed E-state index contributed by atoms with van der Waals surface area (Å²) in [4.78, 5) is 33.1. The van der Waals surface area contributed by atoms with Crippen LogP contribution in [0.25, 0.3) is 16.0 Å². The number of benzene rings is 4. The number of rotatable bonds is 9. The van der Waals surface area contributed by atoms with Crippen molar-refractivity contribution in [3.63, 3.8) is 0 Å². The van der Waals surface area contributed by atoms with Crippen LogP contribution in [0.15, 0.2) is 96.6 Å². The molecule has 1 aliphatic rings. The van der Waals surface area contributed by atoms with Gasteiger partial charge in [-0.15, -0.1) is 0 Å². The molecule has 8 nitrogen and oxygen atoms in total. The predicted octanol–water partition coefficient (Wildman–Crippen LogP) is 7.05. The van der Waals surface area contributed by atoms with Crippen LogP contribution in [0.5, 0.6) is 17.2 Å². The first-order valence-corrected chi connectivity index (χ1v) is 14.6. The molecular weight excluding hydrogens is 583 g/mol. The van der Waals surface area contributed by atoms with Crippen molar-refractivity contribution in [3.8, 4) is 17.2 Å². The zero-order valence-corrected chi connectivity index (χ0v) is 24.6. The molecule has 5 aromatic rings. The SMILES string of the molecule is CCOc1cc(C2C(=C(O)c3ccc(OC)cc3)C(=O)C(=O)N2c2nc3ccc(F)cc3s2)ccc1OCc1ccccc1. The van der Waals surface area contributed by atoms with Crippen molar-refractivity contribution >= 4 is 44.1 Å². The van der Waals surface area contributed by atoms with E-state index in [1.54, 1.807) is 42.5 Å². The molecule has 1 aliphatic heterocycles. The number of ketones is 1. The van der Waals surface area contributed by atoms with Crippen LogP contribution in [-0.4, -0.2) is 35.5 Å². The molecule has 1 fully saturated rings. The number of aromatic nitrogens is 1. The first kappa shape index (κ1) is 28.9. The van der Waals surface area contributed by atoms with E-state index >= 15 is 0 Å². The van der Waals surface area contributed by atoms with Gasteiger partial charge in [0.2, 0.25) is 0 Å². The zero-order valence-electron chi connectivity index (χ0n) is 23.8. The lowest BCUT2D eigenvalue weighted by Crippen LogP contribution is -2.29. The van der Waals surface area contributed by atoms with E-state index in [0.29, 0.717) is 51.8 Å². The Balaban J connectivity index is 1.48. The van der Waals surface area contributed by atoms with E-state index in [0.717, 1.165) is 16.9 Å². The van der Waals surface area contributed by atoms with Gasteiger partial charge in [0.25, 0.3) is 5.78 Å². The number of anilines is 1. The second kappa shape index (κ2) is 12.2. The summed E-state index contributed by atoms with van der Waals surface area (Å²) in [5.74, 6) is -1.11. The summed E-state index contributed by atoms with van der Waals surface area (Å²) in [5.41, 5.74) is 2.14. The number of Topliss-reactive ketones (excluding diaryl/α,β-unsaturated/α-hetero) is 1. The molecule has 0 saturated carbocycles. The molecule has 0 aliphatic carbocycles. The van der Waals surface area contributed by atoms with Gasteiger partial charge in [0.1, 0.15) is 23.9 Å². The summed E-state index contributed by atoms with van der Waals surface area (Å²) in [7, 11) is 1.52. The number of carbonyl (C=O) groups excluding carboxylic acids is 2. The van der Waals surface area contributed by atoms with E-state index in [4.69, 9.17) is 14.2 Å². The van der Waals surface area contributed by atoms with Crippen molar-refractivity contribution in [2.24, 2.45) is 0 Å². The van der Waals surface area contributed by atoms with Crippen LogP contribution in [0.3, 0.4) is 0 Å². The topological polar surface area (TPSA) is 98.2 Å². The van der Waals surface area contributed by atoms with Crippen molar-refractivity contribution in [2.45, 2.75) is 19.6 Å². The Morgan fingerprint density at radius 2 is 1.73 bits per heavy atom. The highest BCUT2D eigenvalue weighted by atomic mass is 32.1. The number of ether oxygens (including phenoxy) is 3. The van der Waals surface area contributed by atoms with E-state index in [9.17, 15) is 19.1 Å². The van der Waals surface area contributed by atoms with Crippen LogP contribution in [0, 0.1) is 5.82 Å². The smallest absolute Gasteiger partial charge is 0.301 e. The molecule has 222 valence electrons. The van der Waals surface area contributed by atoms with E-state index in [-0.39, 0.29) is 16.5 Å². The van der Waals surface area contributed by atoms with Gasteiger partial charge in [-0.05, 0) is 72.6 Å². The molecule has 1 saturated heterocycles. The Morgan fingerprint density at radius 1 is 0.955 bits per heavy atom. The van der Waals surface area contributed by atoms with Gasteiger partial charge in [0.15, 0.2) is 16.6 Å². The van der Waals surface area contributed by atoms with Crippen LogP contribution in [-0.2, 0) is 16.2 Å². The van der Waals surface area contributed by atoms with Gasteiger partial charge in [0.05, 0.1) is 35.5 Å². The Kier molecular flexibility index (Phi) is 7.99. The van der Waals surface area contributed by atoms with Gasteiger partial charge < -0.3 is 19.3 Å². The van der Waals surface area contributed by atoms with Crippen LogP contribution < -0.4 is 19.1 Å². The third kappa shape index (κ3) is 5.47. The highest BCUT2D eigenvalue weighted by molar-refractivity contribution is 7.22. The van der Waals surface area contributed by atoms with E-state index in [1.165, 1.54) is 30.2 Å². The van der Waals surface area contributed by atoms with E-state index in [2.05, 4.69) is 4.98 Å². The fourth-order valence-corrected chi connectivity index (χ4v) is 6.07. The number of nitrogens with zero attached hydrogens (tertiary/aromatic N) is 2. The number of carbonyl (C=O) groups is 2. The monoisotopic (exact) mass is 610 g/mol. The number of methoxy groups -OCH3 is 1. The second-order valence-electron chi connectivity index (χ2n) is 9.92. The molecule has 1 unspecified atom stereocenters. The van der Waals surface area contributed by atoms with Gasteiger partial charge in [0, 0.05) is 5.56 Å². The van der Waals surface area contributed by atoms with Crippen LogP contribution in [0.4, 0.5) is 9.52 Å². The van der Waals surface area contributed by atoms with Crippen molar-refractivity contribution in [2.75, 3.05) is 18.6 Å². The largest absolute Gasteiger partial charge is 0.507 e. The number of amides is 1. The van der Waals surface area contributed by atoms with Crippen molar-refractivity contribution in [1.82, 2.24) is 4.98 Å². The molecule has 0 radical (unpaired) electrons. The van der Waals surface area contributed by atoms with Crippen molar-refractivity contribution in [1.29, 1.82) is 0 Å². The number of hydrogen-bond donors (Lipinski definition) is 1. The molecule has 44 heavy (non-hydrogen) atoms. The first-order valence-electron chi connectivity index (χ1n) is 13.8. The minimum atomic E-state index is -1.06. The third-order valence-electron chi connectivity index (χ3n) is 7.17. The average Bonchev–Trinajstić information content (AvgIpc) is 3.57. The minimum absolute atomic E-state index is 0.119. The maximum absolute atomic E-state index is 14.0. The Labute approximate surface area is 256 Å². The van der Waals surface area contributed by atoms with Crippen molar-refractivity contribution < 1.29 is 33.3 Å². The lowest BCUT2D eigenvalue weighted by molar-refractivity contribution is -0.132. The molecular formula is C34H27FN2O6S. The normalized spacial score (nSPS) is 16.0. The van der Waals surface area contributed by atoms with Crippen LogP contribution in [0.1, 0.15) is 29.7 Å². The molecule has 1 aromatic heterocycles. The summed E-state index contributed by atoms with van der Waals surface area (Å²) in [6, 6.07) is 24.4. The first-order chi connectivity index (χ1) is 21.4. The zero-order chi connectivity index (χ0) is 30.8.